The van der Waals surface area contributed by atoms with Crippen molar-refractivity contribution in [2.75, 3.05) is 13.7 Å². The van der Waals surface area contributed by atoms with E-state index < -0.39 is 0 Å². The zero-order chi connectivity index (χ0) is 19.8. The van der Waals surface area contributed by atoms with Crippen LogP contribution in [-0.4, -0.2) is 29.8 Å². The van der Waals surface area contributed by atoms with Crippen LogP contribution in [0.1, 0.15) is 31.4 Å². The summed E-state index contributed by atoms with van der Waals surface area (Å²) < 4.78 is 21.3. The number of furan rings is 1. The molecule has 2 heterocycles. The Hall–Kier alpha value is -3.29. The van der Waals surface area contributed by atoms with Crippen molar-refractivity contribution >= 4 is 5.91 Å². The molecule has 0 spiro atoms. The third-order valence-electron chi connectivity index (χ3n) is 4.02. The van der Waals surface area contributed by atoms with Crippen LogP contribution in [0.2, 0.25) is 0 Å². The molecule has 28 heavy (non-hydrogen) atoms. The van der Waals surface area contributed by atoms with Gasteiger partial charge in [-0.25, -0.2) is 0 Å². The molecule has 8 heteroatoms. The number of rotatable bonds is 10. The fourth-order valence-electron chi connectivity index (χ4n) is 2.64. The molecular weight excluding hydrogens is 362 g/mol. The second-order valence-corrected chi connectivity index (χ2v) is 6.02. The highest BCUT2D eigenvalue weighted by atomic mass is 16.5. The number of carbonyl (C=O) groups excluding carboxylic acids is 1. The van der Waals surface area contributed by atoms with Gasteiger partial charge in [-0.05, 0) is 43.7 Å². The van der Waals surface area contributed by atoms with Crippen LogP contribution in [0.3, 0.4) is 0 Å². The zero-order valence-electron chi connectivity index (χ0n) is 15.9. The van der Waals surface area contributed by atoms with Gasteiger partial charge >= 0.3 is 0 Å². The lowest BCUT2D eigenvalue weighted by Gasteiger charge is -2.09. The highest BCUT2D eigenvalue weighted by Gasteiger charge is 2.13. The summed E-state index contributed by atoms with van der Waals surface area (Å²) in [4.78, 5) is 16.3. The Morgan fingerprint density at radius 2 is 2.14 bits per heavy atom. The highest BCUT2D eigenvalue weighted by molar-refractivity contribution is 5.75. The van der Waals surface area contributed by atoms with E-state index in [0.717, 1.165) is 11.3 Å². The summed E-state index contributed by atoms with van der Waals surface area (Å²) in [7, 11) is 1.58. The summed E-state index contributed by atoms with van der Waals surface area (Å²) in [5.41, 5.74) is 0.770. The minimum atomic E-state index is -0.0487. The Labute approximate surface area is 162 Å². The molecule has 148 valence electrons. The van der Waals surface area contributed by atoms with Crippen LogP contribution in [0.15, 0.2) is 45.5 Å². The smallest absolute Gasteiger partial charge is 0.226 e. The van der Waals surface area contributed by atoms with Crippen LogP contribution in [0.4, 0.5) is 0 Å². The number of hydrogen-bond donors (Lipinski definition) is 1. The second-order valence-electron chi connectivity index (χ2n) is 6.02. The third-order valence-corrected chi connectivity index (χ3v) is 4.02. The van der Waals surface area contributed by atoms with Crippen molar-refractivity contribution in [3.05, 3.63) is 48.2 Å². The van der Waals surface area contributed by atoms with Crippen LogP contribution >= 0.6 is 0 Å². The maximum atomic E-state index is 11.9. The van der Waals surface area contributed by atoms with E-state index in [9.17, 15) is 4.79 Å². The maximum absolute atomic E-state index is 11.9. The first-order chi connectivity index (χ1) is 13.7. The summed E-state index contributed by atoms with van der Waals surface area (Å²) in [5.74, 6) is 2.91. The van der Waals surface area contributed by atoms with Crippen molar-refractivity contribution < 1.29 is 23.2 Å². The fourth-order valence-corrected chi connectivity index (χ4v) is 2.64. The van der Waals surface area contributed by atoms with Gasteiger partial charge in [0.15, 0.2) is 11.5 Å². The molecule has 0 saturated carbocycles. The van der Waals surface area contributed by atoms with Gasteiger partial charge in [0, 0.05) is 18.4 Å². The van der Waals surface area contributed by atoms with E-state index in [0.29, 0.717) is 55.6 Å². The van der Waals surface area contributed by atoms with E-state index in [-0.39, 0.29) is 5.91 Å². The van der Waals surface area contributed by atoms with Crippen LogP contribution in [0.25, 0.3) is 11.4 Å². The molecule has 8 nitrogen and oxygen atoms in total. The Morgan fingerprint density at radius 1 is 1.25 bits per heavy atom. The lowest BCUT2D eigenvalue weighted by molar-refractivity contribution is -0.121. The molecule has 1 amide bonds. The highest BCUT2D eigenvalue weighted by Crippen LogP contribution is 2.31. The minimum absolute atomic E-state index is 0.0487. The number of aromatic nitrogens is 2. The number of hydrogen-bond acceptors (Lipinski definition) is 7. The molecule has 0 saturated heterocycles. The van der Waals surface area contributed by atoms with E-state index in [2.05, 4.69) is 15.5 Å². The molecule has 2 aromatic heterocycles. The SMILES string of the molecule is CCOc1ccc(-c2noc(CCCC(=O)NCc3ccco3)n2)cc1OC. The normalized spacial score (nSPS) is 10.6. The average Bonchev–Trinajstić information content (AvgIpc) is 3.39. The largest absolute Gasteiger partial charge is 0.493 e. The van der Waals surface area contributed by atoms with Crippen molar-refractivity contribution in [1.82, 2.24) is 15.5 Å². The Kier molecular flexibility index (Phi) is 6.67. The van der Waals surface area contributed by atoms with Crippen molar-refractivity contribution in [3.8, 4) is 22.9 Å². The van der Waals surface area contributed by atoms with E-state index in [1.807, 2.05) is 31.2 Å². The first kappa shape index (κ1) is 19.5. The number of ether oxygens (including phenoxy) is 2. The monoisotopic (exact) mass is 385 g/mol. The summed E-state index contributed by atoms with van der Waals surface area (Å²) in [6, 6.07) is 9.08. The van der Waals surface area contributed by atoms with Gasteiger partial charge in [0.1, 0.15) is 5.76 Å². The molecule has 0 fully saturated rings. The van der Waals surface area contributed by atoms with Crippen molar-refractivity contribution in [1.29, 1.82) is 0 Å². The minimum Gasteiger partial charge on any atom is -0.493 e. The van der Waals surface area contributed by atoms with Crippen molar-refractivity contribution in [2.24, 2.45) is 0 Å². The van der Waals surface area contributed by atoms with Crippen molar-refractivity contribution in [2.45, 2.75) is 32.7 Å². The predicted octanol–water partition coefficient (Wildman–Crippen LogP) is 3.38. The molecule has 0 unspecified atom stereocenters. The Bertz CT molecular complexity index is 889. The number of methoxy groups -OCH3 is 1. The summed E-state index contributed by atoms with van der Waals surface area (Å²) >= 11 is 0. The molecule has 0 aliphatic carbocycles. The summed E-state index contributed by atoms with van der Waals surface area (Å²) in [6.45, 7) is 2.85. The lowest BCUT2D eigenvalue weighted by atomic mass is 10.2. The molecule has 0 radical (unpaired) electrons. The van der Waals surface area contributed by atoms with Gasteiger partial charge in [-0.2, -0.15) is 4.98 Å². The molecule has 3 rings (SSSR count). The zero-order valence-corrected chi connectivity index (χ0v) is 15.9. The first-order valence-electron chi connectivity index (χ1n) is 9.12. The number of aryl methyl sites for hydroxylation is 1. The third kappa shape index (κ3) is 5.12. The van der Waals surface area contributed by atoms with E-state index in [4.69, 9.17) is 18.4 Å². The number of carbonyl (C=O) groups is 1. The topological polar surface area (TPSA) is 99.6 Å². The molecular formula is C20H23N3O5. The van der Waals surface area contributed by atoms with E-state index in [1.165, 1.54) is 0 Å². The van der Waals surface area contributed by atoms with Crippen molar-refractivity contribution in [3.63, 3.8) is 0 Å². The van der Waals surface area contributed by atoms with Gasteiger partial charge in [0.2, 0.25) is 17.6 Å². The van der Waals surface area contributed by atoms with Gasteiger partial charge in [-0.1, -0.05) is 5.16 Å². The van der Waals surface area contributed by atoms with Crippen LogP contribution < -0.4 is 14.8 Å². The van der Waals surface area contributed by atoms with Crippen LogP contribution in [0.5, 0.6) is 11.5 Å². The fraction of sp³-hybridized carbons (Fsp3) is 0.350. The summed E-state index contributed by atoms with van der Waals surface area (Å²) in [5, 5.41) is 6.82. The maximum Gasteiger partial charge on any atom is 0.226 e. The molecule has 0 aliphatic rings. The van der Waals surface area contributed by atoms with Gasteiger partial charge in [-0.3, -0.25) is 4.79 Å². The molecule has 1 N–H and O–H groups in total. The van der Waals surface area contributed by atoms with E-state index >= 15 is 0 Å². The van der Waals surface area contributed by atoms with Crippen LogP contribution in [0, 0.1) is 0 Å². The van der Waals surface area contributed by atoms with Gasteiger partial charge in [0.05, 0.1) is 26.5 Å². The Balaban J connectivity index is 1.50. The molecule has 0 bridgehead atoms. The number of nitrogens with zero attached hydrogens (tertiary/aromatic N) is 2. The van der Waals surface area contributed by atoms with Crippen LogP contribution in [-0.2, 0) is 17.8 Å². The number of amides is 1. The molecule has 0 atom stereocenters. The quantitative estimate of drug-likeness (QED) is 0.571. The number of benzene rings is 1. The van der Waals surface area contributed by atoms with E-state index in [1.54, 1.807) is 19.4 Å². The lowest BCUT2D eigenvalue weighted by Crippen LogP contribution is -2.22. The van der Waals surface area contributed by atoms with Gasteiger partial charge in [0.25, 0.3) is 0 Å². The van der Waals surface area contributed by atoms with Gasteiger partial charge < -0.3 is 23.7 Å². The number of nitrogens with one attached hydrogen (secondary N) is 1. The second kappa shape index (κ2) is 9.59. The first-order valence-corrected chi connectivity index (χ1v) is 9.12. The predicted molar refractivity (Wildman–Crippen MR) is 101 cm³/mol. The summed E-state index contributed by atoms with van der Waals surface area (Å²) in [6.07, 6.45) is 3.08. The average molecular weight is 385 g/mol. The Morgan fingerprint density at radius 3 is 2.89 bits per heavy atom. The standard InChI is InChI=1S/C20H23N3O5/c1-3-26-16-10-9-14(12-17(16)25-2)20-22-19(28-23-20)8-4-7-18(24)21-13-15-6-5-11-27-15/h5-6,9-12H,3-4,7-8,13H2,1-2H3,(H,21,24). The molecule has 0 aliphatic heterocycles. The molecule has 3 aromatic rings. The molecule has 1 aromatic carbocycles. The van der Waals surface area contributed by atoms with Gasteiger partial charge in [-0.15, -0.1) is 0 Å².